The molecule has 1 aliphatic rings. The molecule has 104 valence electrons. The van der Waals surface area contributed by atoms with Crippen LogP contribution in [0.25, 0.3) is 0 Å². The normalized spacial score (nSPS) is 23.8. The largest absolute Gasteiger partial charge is 0.480 e. The highest BCUT2D eigenvalue weighted by Crippen LogP contribution is 2.22. The average Bonchev–Trinajstić information content (AvgIpc) is 2.31. The Morgan fingerprint density at radius 1 is 1.39 bits per heavy atom. The Bertz CT molecular complexity index is 296. The number of amides is 2. The third-order valence-corrected chi connectivity index (χ3v) is 3.37. The van der Waals surface area contributed by atoms with Gasteiger partial charge in [0.2, 0.25) is 0 Å². The van der Waals surface area contributed by atoms with Gasteiger partial charge in [0.05, 0.1) is 6.61 Å². The summed E-state index contributed by atoms with van der Waals surface area (Å²) in [6.45, 7) is 6.16. The Morgan fingerprint density at radius 2 is 2.11 bits per heavy atom. The fourth-order valence-corrected chi connectivity index (χ4v) is 1.95. The number of carboxylic acid groups (broad SMARTS) is 1. The summed E-state index contributed by atoms with van der Waals surface area (Å²) in [5, 5.41) is 11.1. The standard InChI is InChI=1S/C12H22N2O4/c1-9-3-5-14(7-10(9)2)12(17)13-4-6-18-8-11(15)16/h9-10H,3-8H2,1-2H3,(H,13,17)(H,15,16). The third-order valence-electron chi connectivity index (χ3n) is 3.37. The average molecular weight is 258 g/mol. The maximum atomic E-state index is 11.8. The second-order valence-corrected chi connectivity index (χ2v) is 4.87. The smallest absolute Gasteiger partial charge is 0.329 e. The van der Waals surface area contributed by atoms with E-state index < -0.39 is 5.97 Å². The molecule has 1 heterocycles. The van der Waals surface area contributed by atoms with Crippen molar-refractivity contribution in [1.29, 1.82) is 0 Å². The first-order valence-corrected chi connectivity index (χ1v) is 6.33. The number of likely N-dealkylation sites (tertiary alicyclic amines) is 1. The van der Waals surface area contributed by atoms with Gasteiger partial charge in [-0.3, -0.25) is 0 Å². The number of nitrogens with zero attached hydrogens (tertiary/aromatic N) is 1. The molecule has 0 aromatic heterocycles. The van der Waals surface area contributed by atoms with Gasteiger partial charge in [-0.25, -0.2) is 9.59 Å². The van der Waals surface area contributed by atoms with Gasteiger partial charge in [-0.05, 0) is 18.3 Å². The maximum Gasteiger partial charge on any atom is 0.329 e. The first-order valence-electron chi connectivity index (χ1n) is 6.33. The summed E-state index contributed by atoms with van der Waals surface area (Å²) in [7, 11) is 0. The zero-order valence-electron chi connectivity index (χ0n) is 11.0. The number of hydrogen-bond donors (Lipinski definition) is 2. The molecule has 2 unspecified atom stereocenters. The molecule has 6 nitrogen and oxygen atoms in total. The van der Waals surface area contributed by atoms with E-state index in [4.69, 9.17) is 9.84 Å². The van der Waals surface area contributed by atoms with Gasteiger partial charge >= 0.3 is 12.0 Å². The lowest BCUT2D eigenvalue weighted by atomic mass is 9.89. The first kappa shape index (κ1) is 14.8. The number of nitrogens with one attached hydrogen (secondary N) is 1. The number of ether oxygens (including phenoxy) is 1. The van der Waals surface area contributed by atoms with Gasteiger partial charge in [0.25, 0.3) is 0 Å². The van der Waals surface area contributed by atoms with Crippen molar-refractivity contribution < 1.29 is 19.4 Å². The van der Waals surface area contributed by atoms with E-state index in [9.17, 15) is 9.59 Å². The predicted molar refractivity (Wildman–Crippen MR) is 66.4 cm³/mol. The highest BCUT2D eigenvalue weighted by atomic mass is 16.5. The topological polar surface area (TPSA) is 78.9 Å². The quantitative estimate of drug-likeness (QED) is 0.714. The van der Waals surface area contributed by atoms with Crippen molar-refractivity contribution in [2.24, 2.45) is 11.8 Å². The van der Waals surface area contributed by atoms with Crippen LogP contribution < -0.4 is 5.32 Å². The molecule has 0 saturated carbocycles. The fourth-order valence-electron chi connectivity index (χ4n) is 1.95. The van der Waals surface area contributed by atoms with Crippen LogP contribution in [0.3, 0.4) is 0 Å². The van der Waals surface area contributed by atoms with Crippen molar-refractivity contribution in [3.8, 4) is 0 Å². The first-order chi connectivity index (χ1) is 8.50. The number of piperidine rings is 1. The summed E-state index contributed by atoms with van der Waals surface area (Å²) in [5.74, 6) is 0.181. The number of aliphatic carboxylic acids is 1. The highest BCUT2D eigenvalue weighted by molar-refractivity contribution is 5.74. The molecule has 2 atom stereocenters. The zero-order valence-corrected chi connectivity index (χ0v) is 11.0. The number of carboxylic acids is 1. The van der Waals surface area contributed by atoms with Crippen molar-refractivity contribution in [3.05, 3.63) is 0 Å². The Balaban J connectivity index is 2.15. The molecule has 18 heavy (non-hydrogen) atoms. The van der Waals surface area contributed by atoms with E-state index in [-0.39, 0.29) is 19.2 Å². The molecule has 0 aromatic carbocycles. The summed E-state index contributed by atoms with van der Waals surface area (Å²) in [4.78, 5) is 23.8. The molecule has 2 N–H and O–H groups in total. The van der Waals surface area contributed by atoms with Crippen LogP contribution in [0.5, 0.6) is 0 Å². The van der Waals surface area contributed by atoms with Crippen LogP contribution in [-0.4, -0.2) is 54.9 Å². The SMILES string of the molecule is CC1CCN(C(=O)NCCOCC(=O)O)CC1C. The van der Waals surface area contributed by atoms with Crippen LogP contribution in [0.4, 0.5) is 4.79 Å². The maximum absolute atomic E-state index is 11.8. The summed E-state index contributed by atoms with van der Waals surface area (Å²) in [6, 6.07) is -0.0901. The van der Waals surface area contributed by atoms with Crippen LogP contribution >= 0.6 is 0 Å². The summed E-state index contributed by atoms with van der Waals surface area (Å²) < 4.78 is 4.84. The van der Waals surface area contributed by atoms with Crippen molar-refractivity contribution in [1.82, 2.24) is 10.2 Å². The van der Waals surface area contributed by atoms with Gasteiger partial charge in [0.15, 0.2) is 0 Å². The second kappa shape index (κ2) is 7.20. The molecule has 1 rings (SSSR count). The molecule has 0 radical (unpaired) electrons. The van der Waals surface area contributed by atoms with Crippen molar-refractivity contribution in [2.45, 2.75) is 20.3 Å². The van der Waals surface area contributed by atoms with Crippen LogP contribution in [0.1, 0.15) is 20.3 Å². The van der Waals surface area contributed by atoms with E-state index in [0.29, 0.717) is 18.4 Å². The minimum absolute atomic E-state index is 0.0901. The minimum Gasteiger partial charge on any atom is -0.480 e. The molecule has 1 aliphatic heterocycles. The number of carbonyl (C=O) groups excluding carboxylic acids is 1. The fraction of sp³-hybridized carbons (Fsp3) is 0.833. The second-order valence-electron chi connectivity index (χ2n) is 4.87. The Labute approximate surface area is 107 Å². The summed E-state index contributed by atoms with van der Waals surface area (Å²) >= 11 is 0. The van der Waals surface area contributed by atoms with Crippen molar-refractivity contribution in [2.75, 3.05) is 32.8 Å². The van der Waals surface area contributed by atoms with Crippen LogP contribution in [0.15, 0.2) is 0 Å². The molecule has 0 bridgehead atoms. The molecule has 6 heteroatoms. The molecule has 0 aliphatic carbocycles. The summed E-state index contributed by atoms with van der Waals surface area (Å²) in [5.41, 5.74) is 0. The number of hydrogen-bond acceptors (Lipinski definition) is 3. The lowest BCUT2D eigenvalue weighted by Gasteiger charge is -2.35. The van der Waals surface area contributed by atoms with E-state index in [2.05, 4.69) is 19.2 Å². The summed E-state index contributed by atoms with van der Waals surface area (Å²) in [6.07, 6.45) is 1.03. The van der Waals surface area contributed by atoms with Gasteiger partial charge in [0.1, 0.15) is 6.61 Å². The minimum atomic E-state index is -1.000. The van der Waals surface area contributed by atoms with Crippen molar-refractivity contribution in [3.63, 3.8) is 0 Å². The van der Waals surface area contributed by atoms with Gasteiger partial charge < -0.3 is 20.1 Å². The molecule has 0 aromatic rings. The van der Waals surface area contributed by atoms with E-state index in [0.717, 1.165) is 19.5 Å². The Morgan fingerprint density at radius 3 is 2.72 bits per heavy atom. The lowest BCUT2D eigenvalue weighted by molar-refractivity contribution is -0.142. The molecular formula is C12H22N2O4. The Kier molecular flexibility index (Phi) is 5.91. The lowest BCUT2D eigenvalue weighted by Crippen LogP contribution is -2.47. The van der Waals surface area contributed by atoms with E-state index in [1.165, 1.54) is 0 Å². The predicted octanol–water partition coefficient (Wildman–Crippen LogP) is 0.775. The Hall–Kier alpha value is -1.30. The monoisotopic (exact) mass is 258 g/mol. The van der Waals surface area contributed by atoms with Gasteiger partial charge in [-0.15, -0.1) is 0 Å². The van der Waals surface area contributed by atoms with Crippen LogP contribution in [0, 0.1) is 11.8 Å². The molecule has 0 spiro atoms. The molecule has 1 fully saturated rings. The molecular weight excluding hydrogens is 236 g/mol. The number of rotatable bonds is 5. The van der Waals surface area contributed by atoms with Gasteiger partial charge in [-0.1, -0.05) is 13.8 Å². The molecule has 2 amide bonds. The van der Waals surface area contributed by atoms with E-state index in [1.807, 2.05) is 4.90 Å². The van der Waals surface area contributed by atoms with Gasteiger partial charge in [0, 0.05) is 19.6 Å². The van der Waals surface area contributed by atoms with Crippen molar-refractivity contribution >= 4 is 12.0 Å². The third kappa shape index (κ3) is 4.91. The van der Waals surface area contributed by atoms with E-state index in [1.54, 1.807) is 0 Å². The van der Waals surface area contributed by atoms with Crippen LogP contribution in [-0.2, 0) is 9.53 Å². The van der Waals surface area contributed by atoms with E-state index >= 15 is 0 Å². The zero-order chi connectivity index (χ0) is 13.5. The van der Waals surface area contributed by atoms with Crippen LogP contribution in [0.2, 0.25) is 0 Å². The molecule has 1 saturated heterocycles. The van der Waals surface area contributed by atoms with Gasteiger partial charge in [-0.2, -0.15) is 0 Å². The number of carbonyl (C=O) groups is 2. The number of urea groups is 1. The highest BCUT2D eigenvalue weighted by Gasteiger charge is 2.25.